The Morgan fingerprint density at radius 3 is 2.58 bits per heavy atom. The standard InChI is InChI=1S/C12H16F3N3O/c1-8-3-4-9(5-10(8)16)17-11(19)6-18(2)7-12(13,14)15/h3-5H,6-7,16H2,1-2H3,(H,17,19). The van der Waals surface area contributed by atoms with Crippen LogP contribution in [0.5, 0.6) is 0 Å². The highest BCUT2D eigenvalue weighted by molar-refractivity contribution is 5.92. The number of carbonyl (C=O) groups is 1. The first-order valence-corrected chi connectivity index (χ1v) is 5.58. The van der Waals surface area contributed by atoms with Crippen LogP contribution in [0.4, 0.5) is 24.5 Å². The molecule has 0 atom stereocenters. The lowest BCUT2D eigenvalue weighted by Gasteiger charge is -2.18. The number of anilines is 2. The second-order valence-electron chi connectivity index (χ2n) is 4.41. The van der Waals surface area contributed by atoms with Gasteiger partial charge in [0.25, 0.3) is 0 Å². The molecule has 19 heavy (non-hydrogen) atoms. The lowest BCUT2D eigenvalue weighted by atomic mass is 10.2. The van der Waals surface area contributed by atoms with Crippen LogP contribution < -0.4 is 11.1 Å². The first kappa shape index (κ1) is 15.3. The molecule has 0 unspecified atom stereocenters. The first-order valence-electron chi connectivity index (χ1n) is 5.58. The third-order valence-corrected chi connectivity index (χ3v) is 2.43. The van der Waals surface area contributed by atoms with Gasteiger partial charge in [-0.25, -0.2) is 0 Å². The monoisotopic (exact) mass is 275 g/mol. The number of rotatable bonds is 4. The van der Waals surface area contributed by atoms with E-state index in [2.05, 4.69) is 5.32 Å². The molecule has 3 N–H and O–H groups in total. The normalized spacial score (nSPS) is 11.7. The number of likely N-dealkylation sites (N-methyl/N-ethyl adjacent to an activating group) is 1. The van der Waals surface area contributed by atoms with E-state index in [0.29, 0.717) is 11.4 Å². The molecule has 1 aromatic carbocycles. The van der Waals surface area contributed by atoms with E-state index in [1.807, 2.05) is 6.92 Å². The number of halogens is 3. The van der Waals surface area contributed by atoms with Crippen LogP contribution in [0, 0.1) is 6.92 Å². The predicted octanol–water partition coefficient (Wildman–Crippen LogP) is 2.01. The Hall–Kier alpha value is -1.76. The van der Waals surface area contributed by atoms with Crippen molar-refractivity contribution in [2.75, 3.05) is 31.2 Å². The molecule has 0 spiro atoms. The Bertz CT molecular complexity index is 460. The number of hydrogen-bond donors (Lipinski definition) is 2. The largest absolute Gasteiger partial charge is 0.401 e. The van der Waals surface area contributed by atoms with Gasteiger partial charge in [-0.2, -0.15) is 13.2 Å². The number of hydrogen-bond acceptors (Lipinski definition) is 3. The summed E-state index contributed by atoms with van der Waals surface area (Å²) in [5.41, 5.74) is 7.52. The smallest absolute Gasteiger partial charge is 0.398 e. The summed E-state index contributed by atoms with van der Waals surface area (Å²) in [4.78, 5) is 12.4. The van der Waals surface area contributed by atoms with Crippen molar-refractivity contribution in [3.05, 3.63) is 23.8 Å². The molecular formula is C12H16F3N3O. The second kappa shape index (κ2) is 5.92. The van der Waals surface area contributed by atoms with Crippen molar-refractivity contribution in [2.45, 2.75) is 13.1 Å². The molecule has 1 aromatic rings. The van der Waals surface area contributed by atoms with Gasteiger partial charge in [-0.3, -0.25) is 9.69 Å². The molecule has 0 aliphatic heterocycles. The van der Waals surface area contributed by atoms with Crippen LogP contribution in [-0.4, -0.2) is 37.1 Å². The summed E-state index contributed by atoms with van der Waals surface area (Å²) in [6, 6.07) is 4.94. The number of nitrogens with two attached hydrogens (primary N) is 1. The summed E-state index contributed by atoms with van der Waals surface area (Å²) in [5.74, 6) is -0.519. The van der Waals surface area contributed by atoms with Gasteiger partial charge in [0.05, 0.1) is 13.1 Å². The van der Waals surface area contributed by atoms with Crippen LogP contribution >= 0.6 is 0 Å². The van der Waals surface area contributed by atoms with E-state index < -0.39 is 18.6 Å². The highest BCUT2D eigenvalue weighted by atomic mass is 19.4. The molecule has 1 amide bonds. The van der Waals surface area contributed by atoms with Crippen LogP contribution in [0.1, 0.15) is 5.56 Å². The zero-order chi connectivity index (χ0) is 14.6. The molecule has 0 fully saturated rings. The lowest BCUT2D eigenvalue weighted by molar-refractivity contribution is -0.145. The van der Waals surface area contributed by atoms with Crippen molar-refractivity contribution in [3.8, 4) is 0 Å². The van der Waals surface area contributed by atoms with E-state index in [4.69, 9.17) is 5.73 Å². The van der Waals surface area contributed by atoms with E-state index in [-0.39, 0.29) is 6.54 Å². The van der Waals surface area contributed by atoms with E-state index in [0.717, 1.165) is 10.5 Å². The SMILES string of the molecule is Cc1ccc(NC(=O)CN(C)CC(F)(F)F)cc1N. The summed E-state index contributed by atoms with van der Waals surface area (Å²) < 4.78 is 36.3. The Kier molecular flexibility index (Phi) is 4.77. The van der Waals surface area contributed by atoms with Crippen molar-refractivity contribution in [1.82, 2.24) is 4.90 Å². The number of amides is 1. The summed E-state index contributed by atoms with van der Waals surface area (Å²) in [5, 5.41) is 2.50. The molecule has 0 heterocycles. The average molecular weight is 275 g/mol. The number of carbonyl (C=O) groups excluding carboxylic acids is 1. The minimum Gasteiger partial charge on any atom is -0.398 e. The minimum absolute atomic E-state index is 0.340. The Morgan fingerprint density at radius 2 is 2.05 bits per heavy atom. The number of benzene rings is 1. The fraction of sp³-hybridized carbons (Fsp3) is 0.417. The number of nitrogens with zero attached hydrogens (tertiary/aromatic N) is 1. The topological polar surface area (TPSA) is 58.4 Å². The summed E-state index contributed by atoms with van der Waals surface area (Å²) >= 11 is 0. The molecule has 0 aliphatic carbocycles. The lowest BCUT2D eigenvalue weighted by Crippen LogP contribution is -2.36. The zero-order valence-electron chi connectivity index (χ0n) is 10.7. The molecule has 1 rings (SSSR count). The van der Waals surface area contributed by atoms with Crippen molar-refractivity contribution in [3.63, 3.8) is 0 Å². The fourth-order valence-electron chi connectivity index (χ4n) is 1.53. The maximum absolute atomic E-state index is 12.1. The van der Waals surface area contributed by atoms with Crippen molar-refractivity contribution in [2.24, 2.45) is 0 Å². The Labute approximate surface area is 109 Å². The average Bonchev–Trinajstić information content (AvgIpc) is 2.20. The van der Waals surface area contributed by atoms with Crippen LogP contribution in [0.2, 0.25) is 0 Å². The maximum atomic E-state index is 12.1. The predicted molar refractivity (Wildman–Crippen MR) is 67.8 cm³/mol. The third-order valence-electron chi connectivity index (χ3n) is 2.43. The highest BCUT2D eigenvalue weighted by Gasteiger charge is 2.29. The van der Waals surface area contributed by atoms with Gasteiger partial charge in [0.1, 0.15) is 0 Å². The molecule has 0 saturated heterocycles. The van der Waals surface area contributed by atoms with Gasteiger partial charge >= 0.3 is 6.18 Å². The number of alkyl halides is 3. The van der Waals surface area contributed by atoms with Crippen molar-refractivity contribution >= 4 is 17.3 Å². The van der Waals surface area contributed by atoms with Crippen LogP contribution in [0.15, 0.2) is 18.2 Å². The molecule has 0 bridgehead atoms. The molecule has 0 saturated carbocycles. The molecule has 106 valence electrons. The third kappa shape index (κ3) is 5.60. The van der Waals surface area contributed by atoms with E-state index in [1.54, 1.807) is 18.2 Å². The van der Waals surface area contributed by atoms with Gasteiger partial charge in [-0.15, -0.1) is 0 Å². The summed E-state index contributed by atoms with van der Waals surface area (Å²) in [7, 11) is 1.23. The van der Waals surface area contributed by atoms with Crippen LogP contribution in [-0.2, 0) is 4.79 Å². The second-order valence-corrected chi connectivity index (χ2v) is 4.41. The van der Waals surface area contributed by atoms with Crippen molar-refractivity contribution in [1.29, 1.82) is 0 Å². The number of nitrogen functional groups attached to an aromatic ring is 1. The molecular weight excluding hydrogens is 259 g/mol. The summed E-state index contributed by atoms with van der Waals surface area (Å²) in [6.07, 6.45) is -4.32. The Balaban J connectivity index is 2.53. The molecule has 7 heteroatoms. The molecule has 0 aliphatic rings. The molecule has 0 radical (unpaired) electrons. The van der Waals surface area contributed by atoms with Gasteiger partial charge in [0.15, 0.2) is 0 Å². The maximum Gasteiger partial charge on any atom is 0.401 e. The highest BCUT2D eigenvalue weighted by Crippen LogP contribution is 2.17. The fourth-order valence-corrected chi connectivity index (χ4v) is 1.53. The van der Waals surface area contributed by atoms with Gasteiger partial charge in [-0.1, -0.05) is 6.07 Å². The zero-order valence-corrected chi connectivity index (χ0v) is 10.7. The van der Waals surface area contributed by atoms with E-state index in [9.17, 15) is 18.0 Å². The molecule has 0 aromatic heterocycles. The molecule has 4 nitrogen and oxygen atoms in total. The number of nitrogens with one attached hydrogen (secondary N) is 1. The number of aryl methyl sites for hydroxylation is 1. The first-order chi connectivity index (χ1) is 8.67. The quantitative estimate of drug-likeness (QED) is 0.826. The van der Waals surface area contributed by atoms with E-state index in [1.165, 1.54) is 7.05 Å². The van der Waals surface area contributed by atoms with Gasteiger partial charge in [0.2, 0.25) is 5.91 Å². The van der Waals surface area contributed by atoms with Gasteiger partial charge < -0.3 is 11.1 Å². The van der Waals surface area contributed by atoms with E-state index >= 15 is 0 Å². The minimum atomic E-state index is -4.32. The van der Waals surface area contributed by atoms with Crippen LogP contribution in [0.25, 0.3) is 0 Å². The van der Waals surface area contributed by atoms with Crippen LogP contribution in [0.3, 0.4) is 0 Å². The van der Waals surface area contributed by atoms with Gasteiger partial charge in [-0.05, 0) is 31.7 Å². The van der Waals surface area contributed by atoms with Gasteiger partial charge in [0, 0.05) is 11.4 Å². The van der Waals surface area contributed by atoms with Crippen molar-refractivity contribution < 1.29 is 18.0 Å². The Morgan fingerprint density at radius 1 is 1.42 bits per heavy atom. The summed E-state index contributed by atoms with van der Waals surface area (Å²) in [6.45, 7) is 0.349.